The number of rotatable bonds is 6. The molecule has 0 unspecified atom stereocenters. The zero-order chi connectivity index (χ0) is 16.8. The lowest BCUT2D eigenvalue weighted by Gasteiger charge is -2.43. The van der Waals surface area contributed by atoms with Crippen LogP contribution in [0.1, 0.15) is 51.4 Å². The Morgan fingerprint density at radius 1 is 1.08 bits per heavy atom. The van der Waals surface area contributed by atoms with Crippen LogP contribution in [0.15, 0.2) is 0 Å². The molecule has 0 aromatic rings. The number of methoxy groups -OCH3 is 1. The monoisotopic (exact) mass is 338 g/mol. The smallest absolute Gasteiger partial charge is 0.222 e. The van der Waals surface area contributed by atoms with Crippen molar-refractivity contribution in [2.24, 2.45) is 5.92 Å². The summed E-state index contributed by atoms with van der Waals surface area (Å²) in [5, 5.41) is 0. The van der Waals surface area contributed by atoms with E-state index in [2.05, 4.69) is 4.90 Å². The number of piperidine rings is 1. The van der Waals surface area contributed by atoms with E-state index < -0.39 is 0 Å². The predicted octanol–water partition coefficient (Wildman–Crippen LogP) is 2.29. The van der Waals surface area contributed by atoms with E-state index in [4.69, 9.17) is 9.47 Å². The van der Waals surface area contributed by atoms with E-state index in [0.29, 0.717) is 18.4 Å². The standard InChI is InChI=1S/C19H34N2O3/c1-23-18-5-4-12-21(15-16-8-13-24-14-9-16)17(18)6-7-19(22)20-10-2-3-11-20/h16-18H,2-15H2,1H3/t17-,18-/m0/s1. The minimum absolute atomic E-state index is 0.282. The van der Waals surface area contributed by atoms with Crippen LogP contribution in [-0.4, -0.2) is 74.4 Å². The Kier molecular flexibility index (Phi) is 6.93. The van der Waals surface area contributed by atoms with Crippen LogP contribution in [-0.2, 0) is 14.3 Å². The highest BCUT2D eigenvalue weighted by atomic mass is 16.5. The van der Waals surface area contributed by atoms with Crippen molar-refractivity contribution in [1.29, 1.82) is 0 Å². The zero-order valence-corrected chi connectivity index (χ0v) is 15.3. The molecule has 3 aliphatic rings. The fourth-order valence-electron chi connectivity index (χ4n) is 4.62. The first-order chi connectivity index (χ1) is 11.8. The second-order valence-electron chi connectivity index (χ2n) is 7.66. The van der Waals surface area contributed by atoms with Crippen molar-refractivity contribution in [3.63, 3.8) is 0 Å². The van der Waals surface area contributed by atoms with E-state index in [1.54, 1.807) is 0 Å². The maximum Gasteiger partial charge on any atom is 0.222 e. The molecule has 3 rings (SSSR count). The van der Waals surface area contributed by atoms with Crippen LogP contribution in [0.5, 0.6) is 0 Å². The summed E-state index contributed by atoms with van der Waals surface area (Å²) in [7, 11) is 1.83. The van der Waals surface area contributed by atoms with Crippen molar-refractivity contribution in [2.45, 2.75) is 63.5 Å². The Labute approximate surface area is 146 Å². The van der Waals surface area contributed by atoms with Gasteiger partial charge in [-0.05, 0) is 57.4 Å². The summed E-state index contributed by atoms with van der Waals surface area (Å²) in [6.07, 6.45) is 8.93. The highest BCUT2D eigenvalue weighted by molar-refractivity contribution is 5.76. The molecular formula is C19H34N2O3. The predicted molar refractivity (Wildman–Crippen MR) is 94.0 cm³/mol. The fraction of sp³-hybridized carbons (Fsp3) is 0.947. The van der Waals surface area contributed by atoms with Gasteiger partial charge >= 0.3 is 0 Å². The van der Waals surface area contributed by atoms with Crippen LogP contribution in [0.3, 0.4) is 0 Å². The average molecular weight is 338 g/mol. The van der Waals surface area contributed by atoms with Crippen molar-refractivity contribution in [3.05, 3.63) is 0 Å². The molecule has 0 aromatic heterocycles. The van der Waals surface area contributed by atoms with Crippen molar-refractivity contribution in [1.82, 2.24) is 9.80 Å². The maximum absolute atomic E-state index is 12.4. The zero-order valence-electron chi connectivity index (χ0n) is 15.3. The van der Waals surface area contributed by atoms with E-state index in [9.17, 15) is 4.79 Å². The molecule has 5 heteroatoms. The second kappa shape index (κ2) is 9.16. The highest BCUT2D eigenvalue weighted by Crippen LogP contribution is 2.27. The van der Waals surface area contributed by atoms with E-state index in [1.807, 2.05) is 12.0 Å². The lowest BCUT2D eigenvalue weighted by molar-refractivity contribution is -0.131. The second-order valence-corrected chi connectivity index (χ2v) is 7.66. The number of likely N-dealkylation sites (tertiary alicyclic amines) is 2. The number of carbonyl (C=O) groups excluding carboxylic acids is 1. The minimum Gasteiger partial charge on any atom is -0.381 e. The molecule has 2 atom stereocenters. The number of amides is 1. The van der Waals surface area contributed by atoms with Crippen molar-refractivity contribution >= 4 is 5.91 Å². The SMILES string of the molecule is CO[C@H]1CCCN(CC2CCOCC2)[C@H]1CCC(=O)N1CCCC1. The van der Waals surface area contributed by atoms with Crippen LogP contribution in [0.2, 0.25) is 0 Å². The van der Waals surface area contributed by atoms with Gasteiger partial charge in [0.1, 0.15) is 0 Å². The minimum atomic E-state index is 0.282. The lowest BCUT2D eigenvalue weighted by atomic mass is 9.91. The third-order valence-electron chi connectivity index (χ3n) is 6.08. The van der Waals surface area contributed by atoms with Crippen LogP contribution >= 0.6 is 0 Å². The molecule has 0 aliphatic carbocycles. The Balaban J connectivity index is 1.54. The van der Waals surface area contributed by atoms with Crippen LogP contribution in [0.25, 0.3) is 0 Å². The molecule has 0 radical (unpaired) electrons. The fourth-order valence-corrected chi connectivity index (χ4v) is 4.62. The summed E-state index contributed by atoms with van der Waals surface area (Å²) < 4.78 is 11.3. The molecule has 0 N–H and O–H groups in total. The van der Waals surface area contributed by atoms with Crippen LogP contribution in [0, 0.1) is 5.92 Å². The van der Waals surface area contributed by atoms with Crippen molar-refractivity contribution < 1.29 is 14.3 Å². The summed E-state index contributed by atoms with van der Waals surface area (Å²) in [5.74, 6) is 1.09. The number of ether oxygens (including phenoxy) is 2. The van der Waals surface area contributed by atoms with Crippen molar-refractivity contribution in [3.8, 4) is 0 Å². The number of hydrogen-bond donors (Lipinski definition) is 0. The molecule has 3 aliphatic heterocycles. The lowest BCUT2D eigenvalue weighted by Crippen LogP contribution is -2.51. The van der Waals surface area contributed by atoms with E-state index in [1.165, 1.54) is 32.1 Å². The van der Waals surface area contributed by atoms with Gasteiger partial charge in [-0.1, -0.05) is 0 Å². The highest BCUT2D eigenvalue weighted by Gasteiger charge is 2.33. The van der Waals surface area contributed by atoms with Gasteiger partial charge in [-0.15, -0.1) is 0 Å². The van der Waals surface area contributed by atoms with Gasteiger partial charge in [0.2, 0.25) is 5.91 Å². The first-order valence-electron chi connectivity index (χ1n) is 9.90. The molecule has 0 saturated carbocycles. The van der Waals surface area contributed by atoms with Gasteiger partial charge in [0.25, 0.3) is 0 Å². The van der Waals surface area contributed by atoms with E-state index in [0.717, 1.165) is 58.2 Å². The molecule has 0 spiro atoms. The quantitative estimate of drug-likeness (QED) is 0.745. The normalized spacial score (nSPS) is 30.0. The Bertz CT molecular complexity index is 392. The molecule has 0 bridgehead atoms. The molecule has 138 valence electrons. The summed E-state index contributed by atoms with van der Waals surface area (Å²) >= 11 is 0. The van der Waals surface area contributed by atoms with Crippen molar-refractivity contribution in [2.75, 3.05) is 46.5 Å². The van der Waals surface area contributed by atoms with E-state index >= 15 is 0 Å². The average Bonchev–Trinajstić information content (AvgIpc) is 3.16. The molecule has 24 heavy (non-hydrogen) atoms. The third-order valence-corrected chi connectivity index (χ3v) is 6.08. The Hall–Kier alpha value is -0.650. The van der Waals surface area contributed by atoms with Gasteiger partial charge in [-0.2, -0.15) is 0 Å². The summed E-state index contributed by atoms with van der Waals surface area (Å²) in [6.45, 7) is 6.03. The molecular weight excluding hydrogens is 304 g/mol. The maximum atomic E-state index is 12.4. The Morgan fingerprint density at radius 2 is 1.83 bits per heavy atom. The summed E-state index contributed by atoms with van der Waals surface area (Å²) in [6, 6.07) is 0.401. The molecule has 1 amide bonds. The first kappa shape index (κ1) is 18.2. The first-order valence-corrected chi connectivity index (χ1v) is 9.90. The van der Waals surface area contributed by atoms with Crippen LogP contribution < -0.4 is 0 Å². The third kappa shape index (κ3) is 4.70. The molecule has 3 fully saturated rings. The largest absolute Gasteiger partial charge is 0.381 e. The van der Waals surface area contributed by atoms with Gasteiger partial charge in [0, 0.05) is 52.4 Å². The molecule has 3 saturated heterocycles. The summed E-state index contributed by atoms with van der Waals surface area (Å²) in [5.41, 5.74) is 0. The number of carbonyl (C=O) groups is 1. The molecule has 0 aromatic carbocycles. The number of nitrogens with zero attached hydrogens (tertiary/aromatic N) is 2. The molecule has 3 heterocycles. The van der Waals surface area contributed by atoms with Gasteiger partial charge in [-0.3, -0.25) is 9.69 Å². The van der Waals surface area contributed by atoms with Gasteiger partial charge in [-0.25, -0.2) is 0 Å². The van der Waals surface area contributed by atoms with Crippen LogP contribution in [0.4, 0.5) is 0 Å². The summed E-state index contributed by atoms with van der Waals surface area (Å²) in [4.78, 5) is 17.1. The van der Waals surface area contributed by atoms with Gasteiger partial charge in [0.15, 0.2) is 0 Å². The molecule has 5 nitrogen and oxygen atoms in total. The van der Waals surface area contributed by atoms with Gasteiger partial charge in [0.05, 0.1) is 6.10 Å². The van der Waals surface area contributed by atoms with E-state index in [-0.39, 0.29) is 6.10 Å². The Morgan fingerprint density at radius 3 is 2.54 bits per heavy atom. The van der Waals surface area contributed by atoms with Gasteiger partial charge < -0.3 is 14.4 Å². The number of hydrogen-bond acceptors (Lipinski definition) is 4. The topological polar surface area (TPSA) is 42.0 Å².